The van der Waals surface area contributed by atoms with E-state index < -0.39 is 35.0 Å². The van der Waals surface area contributed by atoms with Crippen LogP contribution in [0.2, 0.25) is 0 Å². The summed E-state index contributed by atoms with van der Waals surface area (Å²) in [7, 11) is 1.18. The van der Waals surface area contributed by atoms with Crippen LogP contribution in [-0.4, -0.2) is 46.2 Å². The highest BCUT2D eigenvalue weighted by Crippen LogP contribution is 2.05. The molecule has 10 heteroatoms. The van der Waals surface area contributed by atoms with E-state index in [1.807, 2.05) is 0 Å². The average molecular weight is 299 g/mol. The highest BCUT2D eigenvalue weighted by Gasteiger charge is 2.17. The molecule has 1 atom stereocenters. The summed E-state index contributed by atoms with van der Waals surface area (Å²) in [5, 5.41) is 21.6. The van der Waals surface area contributed by atoms with Crippen molar-refractivity contribution >= 4 is 17.6 Å². The van der Waals surface area contributed by atoms with E-state index in [9.17, 15) is 24.5 Å². The Hall–Kier alpha value is -2.75. The Bertz CT molecular complexity index is 610. The van der Waals surface area contributed by atoms with Crippen LogP contribution in [0.5, 0.6) is 0 Å². The van der Waals surface area contributed by atoms with Crippen LogP contribution in [0.25, 0.3) is 0 Å². The number of carbonyl (C=O) groups is 2. The fourth-order valence-electron chi connectivity index (χ4n) is 1.44. The van der Waals surface area contributed by atoms with Gasteiger partial charge in [0.25, 0.3) is 11.2 Å². The number of ether oxygens (including phenoxy) is 1. The number of rotatable bonds is 7. The SMILES string of the molecule is COC(CNC(=O)Cn1cc([N+](=O)[O-])ccc1=O)C(=O)O. The zero-order valence-corrected chi connectivity index (χ0v) is 11.0. The maximum Gasteiger partial charge on any atom is 0.334 e. The second kappa shape index (κ2) is 7.14. The van der Waals surface area contributed by atoms with Gasteiger partial charge in [0.05, 0.1) is 17.7 Å². The van der Waals surface area contributed by atoms with Gasteiger partial charge in [-0.05, 0) is 0 Å². The molecular weight excluding hydrogens is 286 g/mol. The van der Waals surface area contributed by atoms with E-state index in [1.54, 1.807) is 0 Å². The number of methoxy groups -OCH3 is 1. The number of aliphatic carboxylic acids is 1. The molecule has 0 aromatic carbocycles. The van der Waals surface area contributed by atoms with Crippen LogP contribution >= 0.6 is 0 Å². The van der Waals surface area contributed by atoms with Gasteiger partial charge in [-0.1, -0.05) is 0 Å². The number of amides is 1. The molecule has 0 fully saturated rings. The summed E-state index contributed by atoms with van der Waals surface area (Å²) in [6, 6.07) is 2.00. The van der Waals surface area contributed by atoms with Crippen LogP contribution in [0.3, 0.4) is 0 Å². The lowest BCUT2D eigenvalue weighted by Gasteiger charge is -2.12. The van der Waals surface area contributed by atoms with Crippen molar-refractivity contribution in [2.75, 3.05) is 13.7 Å². The maximum atomic E-state index is 11.6. The van der Waals surface area contributed by atoms with E-state index in [0.717, 1.165) is 22.9 Å². The van der Waals surface area contributed by atoms with Crippen LogP contribution in [0, 0.1) is 10.1 Å². The Morgan fingerprint density at radius 2 is 2.19 bits per heavy atom. The number of hydrogen-bond donors (Lipinski definition) is 2. The molecule has 10 nitrogen and oxygen atoms in total. The minimum Gasteiger partial charge on any atom is -0.479 e. The number of carboxylic acid groups (broad SMARTS) is 1. The Labute approximate surface area is 118 Å². The number of carbonyl (C=O) groups excluding carboxylic acids is 1. The molecule has 1 aromatic rings. The molecule has 1 aromatic heterocycles. The van der Waals surface area contributed by atoms with Crippen LogP contribution in [-0.2, 0) is 20.9 Å². The molecule has 1 rings (SSSR count). The van der Waals surface area contributed by atoms with Crippen molar-refractivity contribution in [3.63, 3.8) is 0 Å². The number of nitrogens with zero attached hydrogens (tertiary/aromatic N) is 2. The molecule has 0 aliphatic heterocycles. The van der Waals surface area contributed by atoms with Gasteiger partial charge in [0.1, 0.15) is 6.54 Å². The van der Waals surface area contributed by atoms with Crippen LogP contribution in [0.4, 0.5) is 5.69 Å². The van der Waals surface area contributed by atoms with Gasteiger partial charge in [-0.25, -0.2) is 4.79 Å². The second-order valence-corrected chi connectivity index (χ2v) is 3.98. The monoisotopic (exact) mass is 299 g/mol. The lowest BCUT2D eigenvalue weighted by molar-refractivity contribution is -0.385. The van der Waals surface area contributed by atoms with Gasteiger partial charge in [0, 0.05) is 19.2 Å². The number of nitrogens with one attached hydrogen (secondary N) is 1. The summed E-state index contributed by atoms with van der Waals surface area (Å²) < 4.78 is 5.47. The number of pyridine rings is 1. The zero-order valence-electron chi connectivity index (χ0n) is 11.0. The standard InChI is InChI=1S/C11H13N3O7/c1-21-8(11(17)18)4-12-9(15)6-13-5-7(14(19)20)2-3-10(13)16/h2-3,5,8H,4,6H2,1H3,(H,12,15)(H,17,18). The van der Waals surface area contributed by atoms with Crippen LogP contribution in [0.1, 0.15) is 0 Å². The fourth-order valence-corrected chi connectivity index (χ4v) is 1.44. The first-order chi connectivity index (χ1) is 9.85. The summed E-state index contributed by atoms with van der Waals surface area (Å²) in [4.78, 5) is 43.6. The van der Waals surface area contributed by atoms with Crippen molar-refractivity contribution in [3.8, 4) is 0 Å². The van der Waals surface area contributed by atoms with Gasteiger partial charge in [0.2, 0.25) is 5.91 Å². The molecule has 114 valence electrons. The lowest BCUT2D eigenvalue weighted by atomic mass is 10.3. The van der Waals surface area contributed by atoms with Gasteiger partial charge in [-0.2, -0.15) is 0 Å². The van der Waals surface area contributed by atoms with E-state index in [-0.39, 0.29) is 12.2 Å². The smallest absolute Gasteiger partial charge is 0.334 e. The largest absolute Gasteiger partial charge is 0.479 e. The maximum absolute atomic E-state index is 11.6. The summed E-state index contributed by atoms with van der Waals surface area (Å²) in [6.45, 7) is -0.745. The molecular formula is C11H13N3O7. The summed E-state index contributed by atoms with van der Waals surface area (Å²) >= 11 is 0. The molecule has 2 N–H and O–H groups in total. The van der Waals surface area contributed by atoms with Crippen molar-refractivity contribution in [1.82, 2.24) is 9.88 Å². The molecule has 0 radical (unpaired) electrons. The Morgan fingerprint density at radius 3 is 2.71 bits per heavy atom. The zero-order chi connectivity index (χ0) is 16.0. The van der Waals surface area contributed by atoms with Crippen LogP contribution in [0.15, 0.2) is 23.1 Å². The lowest BCUT2D eigenvalue weighted by Crippen LogP contribution is -2.40. The molecule has 0 aliphatic rings. The van der Waals surface area contributed by atoms with Gasteiger partial charge in [0.15, 0.2) is 6.10 Å². The van der Waals surface area contributed by atoms with Crippen molar-refractivity contribution in [2.45, 2.75) is 12.6 Å². The Balaban J connectivity index is 2.71. The molecule has 0 aliphatic carbocycles. The average Bonchev–Trinajstić information content (AvgIpc) is 2.41. The van der Waals surface area contributed by atoms with Gasteiger partial charge in [-0.15, -0.1) is 0 Å². The quantitative estimate of drug-likeness (QED) is 0.484. The Morgan fingerprint density at radius 1 is 1.52 bits per heavy atom. The van der Waals surface area contributed by atoms with E-state index >= 15 is 0 Å². The third kappa shape index (κ3) is 4.69. The molecule has 0 saturated carbocycles. The summed E-state index contributed by atoms with van der Waals surface area (Å²) in [5.74, 6) is -1.91. The van der Waals surface area contributed by atoms with E-state index in [4.69, 9.17) is 5.11 Å². The van der Waals surface area contributed by atoms with Gasteiger partial charge >= 0.3 is 5.97 Å². The first kappa shape index (κ1) is 16.3. The topological polar surface area (TPSA) is 141 Å². The predicted molar refractivity (Wildman–Crippen MR) is 68.8 cm³/mol. The van der Waals surface area contributed by atoms with Gasteiger partial charge < -0.3 is 15.2 Å². The number of hydrogen-bond acceptors (Lipinski definition) is 6. The number of aromatic nitrogens is 1. The number of nitro groups is 1. The highest BCUT2D eigenvalue weighted by molar-refractivity contribution is 5.78. The molecule has 0 saturated heterocycles. The molecule has 0 bridgehead atoms. The molecule has 1 unspecified atom stereocenters. The van der Waals surface area contributed by atoms with Gasteiger partial charge in [-0.3, -0.25) is 24.3 Å². The minimum absolute atomic E-state index is 0.283. The predicted octanol–water partition coefficient (Wildman–Crippen LogP) is -1.03. The normalized spacial score (nSPS) is 11.7. The molecule has 0 spiro atoms. The van der Waals surface area contributed by atoms with E-state index in [2.05, 4.69) is 10.1 Å². The first-order valence-electron chi connectivity index (χ1n) is 5.72. The molecule has 1 amide bonds. The number of carboxylic acids is 1. The van der Waals surface area contributed by atoms with Crippen molar-refractivity contribution in [3.05, 3.63) is 38.8 Å². The first-order valence-corrected chi connectivity index (χ1v) is 5.72. The fraction of sp³-hybridized carbons (Fsp3) is 0.364. The second-order valence-electron chi connectivity index (χ2n) is 3.98. The Kier molecular flexibility index (Phi) is 5.55. The summed E-state index contributed by atoms with van der Waals surface area (Å²) in [6.07, 6.45) is -0.275. The van der Waals surface area contributed by atoms with E-state index in [0.29, 0.717) is 0 Å². The highest BCUT2D eigenvalue weighted by atomic mass is 16.6. The van der Waals surface area contributed by atoms with Crippen molar-refractivity contribution in [1.29, 1.82) is 0 Å². The third-order valence-electron chi connectivity index (χ3n) is 2.54. The molecule has 21 heavy (non-hydrogen) atoms. The van der Waals surface area contributed by atoms with Crippen LogP contribution < -0.4 is 10.9 Å². The summed E-state index contributed by atoms with van der Waals surface area (Å²) in [5.41, 5.74) is -0.917. The minimum atomic E-state index is -1.25. The third-order valence-corrected chi connectivity index (χ3v) is 2.54. The van der Waals surface area contributed by atoms with Crippen molar-refractivity contribution in [2.24, 2.45) is 0 Å². The van der Waals surface area contributed by atoms with Crippen molar-refractivity contribution < 1.29 is 24.4 Å². The van der Waals surface area contributed by atoms with E-state index in [1.165, 1.54) is 7.11 Å². The molecule has 1 heterocycles.